The second kappa shape index (κ2) is 7.75. The first-order valence-corrected chi connectivity index (χ1v) is 9.05. The van der Waals surface area contributed by atoms with Crippen molar-refractivity contribution in [1.29, 1.82) is 0 Å². The lowest BCUT2D eigenvalue weighted by Gasteiger charge is -2.35. The lowest BCUT2D eigenvalue weighted by molar-refractivity contribution is -0.142. The molecule has 21 heavy (non-hydrogen) atoms. The molecule has 1 fully saturated rings. The van der Waals surface area contributed by atoms with Crippen molar-refractivity contribution in [2.24, 2.45) is 0 Å². The van der Waals surface area contributed by atoms with Crippen molar-refractivity contribution in [1.82, 2.24) is 4.90 Å². The molecular weight excluding hydrogens is 306 g/mol. The molecule has 0 saturated carbocycles. The van der Waals surface area contributed by atoms with Crippen molar-refractivity contribution >= 4 is 35.4 Å². The molecule has 0 aromatic heterocycles. The number of nitrogens with zero attached hydrogens (tertiary/aromatic N) is 1. The number of ether oxygens (including phenoxy) is 1. The minimum atomic E-state index is -0.283. The molecule has 0 bridgehead atoms. The van der Waals surface area contributed by atoms with Crippen molar-refractivity contribution in [2.45, 2.75) is 23.1 Å². The molecule has 1 aromatic rings. The van der Waals surface area contributed by atoms with Gasteiger partial charge < -0.3 is 9.64 Å². The largest absolute Gasteiger partial charge is 0.469 e. The average Bonchev–Trinajstić information content (AvgIpc) is 2.53. The molecule has 114 valence electrons. The van der Waals surface area contributed by atoms with Crippen LogP contribution in [0.5, 0.6) is 0 Å². The number of methoxy groups -OCH3 is 1. The second-order valence-corrected chi connectivity index (χ2v) is 6.73. The Morgan fingerprint density at radius 3 is 2.76 bits per heavy atom. The standard InChI is InChI=1S/C15H19NO3S2/c1-19-14(18)7-9-16-13(17)8-10-21-15(16)11-3-5-12(20-2)6-4-11/h3-6,15H,7-10H2,1-2H3. The van der Waals surface area contributed by atoms with Crippen LogP contribution in [0.15, 0.2) is 29.2 Å². The number of hydrogen-bond acceptors (Lipinski definition) is 5. The van der Waals surface area contributed by atoms with E-state index in [1.807, 2.05) is 6.26 Å². The van der Waals surface area contributed by atoms with Gasteiger partial charge in [-0.15, -0.1) is 23.5 Å². The van der Waals surface area contributed by atoms with E-state index in [1.54, 1.807) is 28.4 Å². The zero-order valence-corrected chi connectivity index (χ0v) is 13.8. The van der Waals surface area contributed by atoms with Crippen LogP contribution in [0.2, 0.25) is 0 Å². The van der Waals surface area contributed by atoms with E-state index in [-0.39, 0.29) is 23.7 Å². The molecule has 1 atom stereocenters. The number of carbonyl (C=O) groups is 2. The highest BCUT2D eigenvalue weighted by atomic mass is 32.2. The predicted molar refractivity (Wildman–Crippen MR) is 86.4 cm³/mol. The average molecular weight is 325 g/mol. The van der Waals surface area contributed by atoms with Crippen molar-refractivity contribution in [2.75, 3.05) is 25.7 Å². The molecule has 1 amide bonds. The van der Waals surface area contributed by atoms with Gasteiger partial charge in [0.05, 0.1) is 13.5 Å². The second-order valence-electron chi connectivity index (χ2n) is 4.66. The summed E-state index contributed by atoms with van der Waals surface area (Å²) in [6, 6.07) is 8.26. The first-order valence-electron chi connectivity index (χ1n) is 6.77. The highest BCUT2D eigenvalue weighted by molar-refractivity contribution is 7.99. The molecule has 1 aliphatic rings. The summed E-state index contributed by atoms with van der Waals surface area (Å²) in [5.74, 6) is 0.647. The summed E-state index contributed by atoms with van der Waals surface area (Å²) in [6.07, 6.45) is 2.81. The third-order valence-electron chi connectivity index (χ3n) is 3.38. The van der Waals surface area contributed by atoms with Crippen LogP contribution in [-0.4, -0.2) is 42.4 Å². The van der Waals surface area contributed by atoms with Gasteiger partial charge in [-0.25, -0.2) is 0 Å². The number of rotatable bonds is 5. The fourth-order valence-corrected chi connectivity index (χ4v) is 3.90. The molecule has 0 spiro atoms. The van der Waals surface area contributed by atoms with Crippen molar-refractivity contribution < 1.29 is 14.3 Å². The van der Waals surface area contributed by atoms with Crippen LogP contribution in [0.25, 0.3) is 0 Å². The van der Waals surface area contributed by atoms with Crippen LogP contribution in [0, 0.1) is 0 Å². The first-order chi connectivity index (χ1) is 10.2. The summed E-state index contributed by atoms with van der Waals surface area (Å²) in [7, 11) is 1.37. The molecule has 0 aliphatic carbocycles. The maximum atomic E-state index is 12.2. The Morgan fingerprint density at radius 2 is 2.14 bits per heavy atom. The van der Waals surface area contributed by atoms with E-state index < -0.39 is 0 Å². The Bertz CT molecular complexity index is 504. The van der Waals surface area contributed by atoms with Gasteiger partial charge in [-0.3, -0.25) is 9.59 Å². The summed E-state index contributed by atoms with van der Waals surface area (Å²) < 4.78 is 4.66. The number of hydrogen-bond donors (Lipinski definition) is 0. The molecule has 6 heteroatoms. The van der Waals surface area contributed by atoms with Gasteiger partial charge in [0.15, 0.2) is 0 Å². The molecule has 2 rings (SSSR count). The fourth-order valence-electron chi connectivity index (χ4n) is 2.22. The Labute approximate surface area is 133 Å². The van der Waals surface area contributed by atoms with Gasteiger partial charge in [0.1, 0.15) is 5.37 Å². The van der Waals surface area contributed by atoms with Gasteiger partial charge in [0, 0.05) is 23.6 Å². The number of benzene rings is 1. The van der Waals surface area contributed by atoms with Gasteiger partial charge in [-0.1, -0.05) is 12.1 Å². The summed E-state index contributed by atoms with van der Waals surface area (Å²) in [6.45, 7) is 0.410. The Morgan fingerprint density at radius 1 is 1.43 bits per heavy atom. The van der Waals surface area contributed by atoms with E-state index in [0.717, 1.165) is 11.3 Å². The van der Waals surface area contributed by atoms with Crippen LogP contribution in [0.3, 0.4) is 0 Å². The monoisotopic (exact) mass is 325 g/mol. The fraction of sp³-hybridized carbons (Fsp3) is 0.467. The highest BCUT2D eigenvalue weighted by Crippen LogP contribution is 2.37. The highest BCUT2D eigenvalue weighted by Gasteiger charge is 2.30. The van der Waals surface area contributed by atoms with Crippen molar-refractivity contribution in [3.05, 3.63) is 29.8 Å². The number of amides is 1. The third kappa shape index (κ3) is 4.17. The van der Waals surface area contributed by atoms with Crippen molar-refractivity contribution in [3.8, 4) is 0 Å². The molecule has 1 aromatic carbocycles. The lowest BCUT2D eigenvalue weighted by atomic mass is 10.2. The van der Waals surface area contributed by atoms with E-state index in [9.17, 15) is 9.59 Å². The maximum absolute atomic E-state index is 12.2. The van der Waals surface area contributed by atoms with Crippen LogP contribution in [-0.2, 0) is 14.3 Å². The number of carbonyl (C=O) groups excluding carboxylic acids is 2. The molecule has 1 saturated heterocycles. The summed E-state index contributed by atoms with van der Waals surface area (Å²) in [5.41, 5.74) is 1.11. The zero-order chi connectivity index (χ0) is 15.2. The minimum Gasteiger partial charge on any atom is -0.469 e. The van der Waals surface area contributed by atoms with Crippen molar-refractivity contribution in [3.63, 3.8) is 0 Å². The summed E-state index contributed by atoms with van der Waals surface area (Å²) in [5, 5.41) is -0.00758. The lowest BCUT2D eigenvalue weighted by Crippen LogP contribution is -2.38. The molecule has 1 heterocycles. The summed E-state index contributed by atoms with van der Waals surface area (Å²) in [4.78, 5) is 26.5. The van der Waals surface area contributed by atoms with Gasteiger partial charge in [0.2, 0.25) is 5.91 Å². The third-order valence-corrected chi connectivity index (χ3v) is 5.41. The normalized spacial score (nSPS) is 18.7. The van der Waals surface area contributed by atoms with Gasteiger partial charge >= 0.3 is 5.97 Å². The molecule has 0 radical (unpaired) electrons. The maximum Gasteiger partial charge on any atom is 0.307 e. The molecule has 1 aliphatic heterocycles. The Kier molecular flexibility index (Phi) is 5.99. The Hall–Kier alpha value is -1.14. The number of esters is 1. The quantitative estimate of drug-likeness (QED) is 0.615. The van der Waals surface area contributed by atoms with E-state index >= 15 is 0 Å². The van der Waals surface area contributed by atoms with Crippen LogP contribution in [0.4, 0.5) is 0 Å². The first kappa shape index (κ1) is 16.2. The molecule has 0 N–H and O–H groups in total. The van der Waals surface area contributed by atoms with E-state index in [4.69, 9.17) is 0 Å². The van der Waals surface area contributed by atoms with Crippen LogP contribution in [0.1, 0.15) is 23.8 Å². The molecule has 4 nitrogen and oxygen atoms in total. The SMILES string of the molecule is COC(=O)CCN1C(=O)CCSC1c1ccc(SC)cc1. The molecular formula is C15H19NO3S2. The van der Waals surface area contributed by atoms with Gasteiger partial charge in [-0.05, 0) is 24.0 Å². The zero-order valence-electron chi connectivity index (χ0n) is 12.2. The van der Waals surface area contributed by atoms with E-state index in [2.05, 4.69) is 29.0 Å². The van der Waals surface area contributed by atoms with Gasteiger partial charge in [0.25, 0.3) is 0 Å². The number of thioether (sulfide) groups is 2. The van der Waals surface area contributed by atoms with E-state index in [1.165, 1.54) is 12.0 Å². The minimum absolute atomic E-state index is 0.00758. The van der Waals surface area contributed by atoms with Crippen LogP contribution >= 0.6 is 23.5 Å². The summed E-state index contributed by atoms with van der Waals surface area (Å²) >= 11 is 3.44. The Balaban J connectivity index is 2.12. The predicted octanol–water partition coefficient (Wildman–Crippen LogP) is 2.94. The topological polar surface area (TPSA) is 46.6 Å². The molecule has 1 unspecified atom stereocenters. The van der Waals surface area contributed by atoms with E-state index in [0.29, 0.717) is 13.0 Å². The smallest absolute Gasteiger partial charge is 0.307 e. The van der Waals surface area contributed by atoms with Gasteiger partial charge in [-0.2, -0.15) is 0 Å². The van der Waals surface area contributed by atoms with Crippen LogP contribution < -0.4 is 0 Å².